The molecule has 0 aromatic heterocycles. The first-order valence-corrected chi connectivity index (χ1v) is 17.1. The van der Waals surface area contributed by atoms with Crippen LogP contribution in [-0.4, -0.2) is 26.4 Å². The number of carbonyl (C=O) groups excluding carboxylic acids is 1. The fourth-order valence-corrected chi connectivity index (χ4v) is 0.203. The third-order valence-electron chi connectivity index (χ3n) is 0.348. The third kappa shape index (κ3) is 51.8. The van der Waals surface area contributed by atoms with Crippen molar-refractivity contribution in [3.8, 4) is 0 Å². The Bertz CT molecular complexity index is 107. The van der Waals surface area contributed by atoms with Crippen molar-refractivity contribution in [1.29, 1.82) is 0 Å². The van der Waals surface area contributed by atoms with E-state index in [0.717, 1.165) is 0 Å². The van der Waals surface area contributed by atoms with Gasteiger partial charge >= 0.3 is 55.5 Å². The summed E-state index contributed by atoms with van der Waals surface area (Å²) in [4.78, 5) is 9.82. The molecule has 0 bridgehead atoms. The molecule has 0 saturated heterocycles. The van der Waals surface area contributed by atoms with E-state index in [-0.39, 0.29) is 5.97 Å². The molecule has 0 radical (unpaired) electrons. The Morgan fingerprint density at radius 1 is 1.36 bits per heavy atom. The molecule has 7 heteroatoms. The van der Waals surface area contributed by atoms with Gasteiger partial charge in [-0.2, -0.15) is 0 Å². The molecule has 0 N–H and O–H groups in total. The molecule has 0 aliphatic carbocycles. The number of ether oxygens (including phenoxy) is 1. The van der Waals surface area contributed by atoms with Crippen LogP contribution in [-0.2, 0) is 9.53 Å². The number of rotatable bonds is 1. The second kappa shape index (κ2) is 8.05. The molecule has 0 amide bonds. The zero-order valence-corrected chi connectivity index (χ0v) is 11.9. The van der Waals surface area contributed by atoms with Crippen LogP contribution in [0.1, 0.15) is 13.8 Å². The summed E-state index contributed by atoms with van der Waals surface area (Å²) in [5, 5.41) is 0. The minimum atomic E-state index is -3.29. The summed E-state index contributed by atoms with van der Waals surface area (Å²) in [7, 11) is 20.1. The SMILES string of the molecule is CCOC(C)=O.[Cl][Sn]([Cl])([Cl])[Cl]. The van der Waals surface area contributed by atoms with Gasteiger partial charge in [-0.3, -0.25) is 4.79 Å². The van der Waals surface area contributed by atoms with E-state index in [1.54, 1.807) is 6.92 Å². The van der Waals surface area contributed by atoms with Crippen LogP contribution in [0.15, 0.2) is 0 Å². The van der Waals surface area contributed by atoms with E-state index in [1.165, 1.54) is 6.92 Å². The number of hydrogen-bond acceptors (Lipinski definition) is 2. The van der Waals surface area contributed by atoms with Crippen molar-refractivity contribution in [1.82, 2.24) is 0 Å². The predicted molar refractivity (Wildman–Crippen MR) is 51.5 cm³/mol. The molecule has 0 aromatic carbocycles. The Hall–Kier alpha value is 1.43. The molecule has 0 heterocycles. The Morgan fingerprint density at radius 2 is 1.64 bits per heavy atom. The second-order valence-electron chi connectivity index (χ2n) is 1.35. The van der Waals surface area contributed by atoms with Crippen LogP contribution in [0.2, 0.25) is 0 Å². The van der Waals surface area contributed by atoms with Gasteiger partial charge in [-0.15, -0.1) is 0 Å². The molecule has 0 atom stereocenters. The van der Waals surface area contributed by atoms with Crippen molar-refractivity contribution in [3.63, 3.8) is 0 Å². The molecular weight excluding hydrogens is 341 g/mol. The van der Waals surface area contributed by atoms with Crippen LogP contribution in [0, 0.1) is 0 Å². The summed E-state index contributed by atoms with van der Waals surface area (Å²) in [6, 6.07) is 0. The van der Waals surface area contributed by atoms with E-state index >= 15 is 0 Å². The predicted octanol–water partition coefficient (Wildman–Crippen LogP) is 2.95. The van der Waals surface area contributed by atoms with E-state index in [1.807, 2.05) is 0 Å². The quantitative estimate of drug-likeness (QED) is 0.538. The average molecular weight is 349 g/mol. The molecule has 0 aliphatic rings. The maximum atomic E-state index is 9.82. The van der Waals surface area contributed by atoms with Gasteiger partial charge in [0.05, 0.1) is 6.61 Å². The van der Waals surface area contributed by atoms with Gasteiger partial charge in [0, 0.05) is 6.92 Å². The standard InChI is InChI=1S/C4H8O2.4ClH.Sn/c1-3-6-4(2)5;;;;;/h3H2,1-2H3;4*1H;/q;;;;;+4/p-4. The molecule has 0 aromatic rings. The molecule has 0 fully saturated rings. The molecule has 0 aliphatic heterocycles. The summed E-state index contributed by atoms with van der Waals surface area (Å²) in [6.07, 6.45) is 0. The molecule has 0 spiro atoms. The van der Waals surface area contributed by atoms with Gasteiger partial charge < -0.3 is 4.74 Å². The Balaban J connectivity index is 0. The van der Waals surface area contributed by atoms with Crippen molar-refractivity contribution >= 4 is 55.5 Å². The van der Waals surface area contributed by atoms with Gasteiger partial charge in [-0.25, -0.2) is 0 Å². The van der Waals surface area contributed by atoms with E-state index in [0.29, 0.717) is 6.61 Å². The van der Waals surface area contributed by atoms with Gasteiger partial charge in [-0.1, -0.05) is 0 Å². The van der Waals surface area contributed by atoms with Gasteiger partial charge in [-0.05, 0) is 6.92 Å². The van der Waals surface area contributed by atoms with E-state index in [9.17, 15) is 4.79 Å². The van der Waals surface area contributed by atoms with E-state index < -0.39 is 13.9 Å². The summed E-state index contributed by atoms with van der Waals surface area (Å²) in [5.74, 6) is -0.211. The number of halogens is 4. The summed E-state index contributed by atoms with van der Waals surface area (Å²) >= 11 is -3.29. The summed E-state index contributed by atoms with van der Waals surface area (Å²) < 4.78 is 4.40. The van der Waals surface area contributed by atoms with Crippen molar-refractivity contribution in [2.45, 2.75) is 13.8 Å². The van der Waals surface area contributed by atoms with Crippen molar-refractivity contribution in [2.75, 3.05) is 6.61 Å². The third-order valence-corrected chi connectivity index (χ3v) is 0.348. The van der Waals surface area contributed by atoms with Crippen LogP contribution in [0.25, 0.3) is 0 Å². The van der Waals surface area contributed by atoms with Crippen molar-refractivity contribution in [2.24, 2.45) is 0 Å². The monoisotopic (exact) mass is 348 g/mol. The fourth-order valence-electron chi connectivity index (χ4n) is 0.203. The van der Waals surface area contributed by atoms with Crippen LogP contribution in [0.5, 0.6) is 0 Å². The Labute approximate surface area is 84.8 Å². The first-order chi connectivity index (χ1) is 4.77. The van der Waals surface area contributed by atoms with Crippen LogP contribution in [0.3, 0.4) is 0 Å². The van der Waals surface area contributed by atoms with Gasteiger partial charge in [0.25, 0.3) is 0 Å². The van der Waals surface area contributed by atoms with E-state index in [2.05, 4.69) is 4.74 Å². The number of esters is 1. The topological polar surface area (TPSA) is 26.3 Å². The second-order valence-corrected chi connectivity index (χ2v) is 26.8. The molecule has 0 rings (SSSR count). The minimum absolute atomic E-state index is 0.211. The fraction of sp³-hybridized carbons (Fsp3) is 0.750. The zero-order chi connectivity index (χ0) is 9.49. The van der Waals surface area contributed by atoms with Gasteiger partial charge in [0.15, 0.2) is 0 Å². The molecule has 0 saturated carbocycles. The average Bonchev–Trinajstić information content (AvgIpc) is 1.58. The normalized spacial score (nSPS) is 9.64. The van der Waals surface area contributed by atoms with Gasteiger partial charge in [0.1, 0.15) is 0 Å². The Morgan fingerprint density at radius 3 is 1.64 bits per heavy atom. The molecule has 2 nitrogen and oxygen atoms in total. The van der Waals surface area contributed by atoms with E-state index in [4.69, 9.17) is 35.7 Å². The molecule has 68 valence electrons. The van der Waals surface area contributed by atoms with Crippen molar-refractivity contribution < 1.29 is 9.53 Å². The van der Waals surface area contributed by atoms with Crippen LogP contribution in [0.4, 0.5) is 0 Å². The van der Waals surface area contributed by atoms with Crippen LogP contribution < -0.4 is 0 Å². The zero-order valence-electron chi connectivity index (χ0n) is 6.04. The van der Waals surface area contributed by atoms with Crippen LogP contribution >= 0.6 is 35.7 Å². The first-order valence-electron chi connectivity index (χ1n) is 2.66. The number of hydrogen-bond donors (Lipinski definition) is 0. The summed E-state index contributed by atoms with van der Waals surface area (Å²) in [6.45, 7) is 3.65. The summed E-state index contributed by atoms with van der Waals surface area (Å²) in [5.41, 5.74) is 0. The molecular formula is C4H8Cl4O2Sn. The number of carbonyl (C=O) groups is 1. The molecule has 11 heavy (non-hydrogen) atoms. The maximum absolute atomic E-state index is 9.82. The first kappa shape index (κ1) is 14.9. The van der Waals surface area contributed by atoms with Crippen molar-refractivity contribution in [3.05, 3.63) is 0 Å². The Kier molecular flexibility index (Phi) is 10.9. The molecule has 0 unspecified atom stereocenters. The van der Waals surface area contributed by atoms with Gasteiger partial charge in [0.2, 0.25) is 0 Å².